The van der Waals surface area contributed by atoms with E-state index >= 15 is 0 Å². The Morgan fingerprint density at radius 1 is 1.00 bits per heavy atom. The number of aromatic nitrogens is 1. The van der Waals surface area contributed by atoms with Gasteiger partial charge in [0.15, 0.2) is 0 Å². The zero-order valence-corrected chi connectivity index (χ0v) is 24.2. The first-order valence-electron chi connectivity index (χ1n) is 13.9. The number of rotatable bonds is 7. The third kappa shape index (κ3) is 6.57. The van der Waals surface area contributed by atoms with Gasteiger partial charge in [0.2, 0.25) is 5.91 Å². The van der Waals surface area contributed by atoms with E-state index in [1.807, 2.05) is 61.3 Å². The number of piperazine rings is 1. The fourth-order valence-corrected chi connectivity index (χ4v) is 5.46. The zero-order valence-electron chi connectivity index (χ0n) is 23.4. The van der Waals surface area contributed by atoms with E-state index in [-0.39, 0.29) is 17.9 Å². The predicted molar refractivity (Wildman–Crippen MR) is 161 cm³/mol. The Hall–Kier alpha value is -3.62. The molecule has 0 radical (unpaired) electrons. The Morgan fingerprint density at radius 3 is 2.48 bits per heavy atom. The third-order valence-corrected chi connectivity index (χ3v) is 7.73. The van der Waals surface area contributed by atoms with Crippen molar-refractivity contribution in [2.75, 3.05) is 56.0 Å². The number of fused-ring (bicyclic) bond motifs is 1. The van der Waals surface area contributed by atoms with Crippen LogP contribution in [0.4, 0.5) is 11.5 Å². The van der Waals surface area contributed by atoms with Gasteiger partial charge >= 0.3 is 0 Å². The molecule has 1 aromatic heterocycles. The van der Waals surface area contributed by atoms with Gasteiger partial charge in [0.25, 0.3) is 5.91 Å². The highest BCUT2D eigenvalue weighted by atomic mass is 35.5. The van der Waals surface area contributed by atoms with Crippen LogP contribution in [-0.4, -0.2) is 78.5 Å². The second-order valence-electron chi connectivity index (χ2n) is 10.9. The largest absolute Gasteiger partial charge is 0.367 e. The summed E-state index contributed by atoms with van der Waals surface area (Å²) in [5.74, 6) is 0.927. The SMILES string of the molecule is Cc1ccc(Cl)cc1CN1CCNc2ncc(-c3ccc(C(=O)N4CCN(CC(=O)NC(C)C)CC4)cc3)cc21. The molecule has 1 saturated heterocycles. The highest BCUT2D eigenvalue weighted by molar-refractivity contribution is 6.30. The smallest absolute Gasteiger partial charge is 0.253 e. The van der Waals surface area contributed by atoms with Crippen molar-refractivity contribution in [3.05, 3.63) is 76.4 Å². The standard InChI is InChI=1S/C31H37ClN6O2/c1-21(2)35-29(39)20-36-12-14-37(15-13-36)31(40)24-7-5-23(6-8-24)25-17-28-30(34-18-25)33-10-11-38(28)19-26-16-27(32)9-4-22(26)3/h4-9,16-18,21H,10-15,19-20H2,1-3H3,(H,33,34)(H,35,39). The molecular weight excluding hydrogens is 524 g/mol. The van der Waals surface area contributed by atoms with Crippen LogP contribution in [0.1, 0.15) is 35.3 Å². The van der Waals surface area contributed by atoms with Crippen LogP contribution in [0, 0.1) is 6.92 Å². The lowest BCUT2D eigenvalue weighted by Crippen LogP contribution is -2.51. The molecule has 2 aromatic carbocycles. The Bertz CT molecular complexity index is 1370. The van der Waals surface area contributed by atoms with Gasteiger partial charge in [-0.25, -0.2) is 4.98 Å². The Balaban J connectivity index is 1.24. The van der Waals surface area contributed by atoms with Crippen LogP contribution in [0.15, 0.2) is 54.7 Å². The molecule has 2 aliphatic heterocycles. The first-order valence-corrected chi connectivity index (χ1v) is 14.3. The number of anilines is 2. The number of carbonyl (C=O) groups excluding carboxylic acids is 2. The molecule has 8 nitrogen and oxygen atoms in total. The van der Waals surface area contributed by atoms with Crippen molar-refractivity contribution in [2.24, 2.45) is 0 Å². The van der Waals surface area contributed by atoms with Crippen molar-refractivity contribution in [1.29, 1.82) is 0 Å². The molecule has 210 valence electrons. The Kier molecular flexibility index (Phi) is 8.57. The fourth-order valence-electron chi connectivity index (χ4n) is 5.27. The Labute approximate surface area is 241 Å². The first-order chi connectivity index (χ1) is 19.3. The van der Waals surface area contributed by atoms with Crippen molar-refractivity contribution < 1.29 is 9.59 Å². The summed E-state index contributed by atoms with van der Waals surface area (Å²) in [6, 6.07) is 16.1. The van der Waals surface area contributed by atoms with Crippen LogP contribution in [-0.2, 0) is 11.3 Å². The number of pyridine rings is 1. The number of benzene rings is 2. The summed E-state index contributed by atoms with van der Waals surface area (Å²) in [5.41, 5.74) is 6.16. The van der Waals surface area contributed by atoms with Crippen molar-refractivity contribution in [3.8, 4) is 11.1 Å². The molecule has 40 heavy (non-hydrogen) atoms. The lowest BCUT2D eigenvalue weighted by molar-refractivity contribution is -0.123. The molecule has 3 heterocycles. The number of hydrogen-bond acceptors (Lipinski definition) is 6. The van der Waals surface area contributed by atoms with E-state index in [9.17, 15) is 9.59 Å². The summed E-state index contributed by atoms with van der Waals surface area (Å²) in [6.07, 6.45) is 1.88. The van der Waals surface area contributed by atoms with Gasteiger partial charge in [-0.2, -0.15) is 0 Å². The lowest BCUT2D eigenvalue weighted by Gasteiger charge is -2.34. The van der Waals surface area contributed by atoms with Gasteiger partial charge in [-0.3, -0.25) is 14.5 Å². The number of amides is 2. The second-order valence-corrected chi connectivity index (χ2v) is 11.3. The van der Waals surface area contributed by atoms with Gasteiger partial charge < -0.3 is 20.4 Å². The van der Waals surface area contributed by atoms with E-state index in [4.69, 9.17) is 16.6 Å². The molecule has 3 aromatic rings. The van der Waals surface area contributed by atoms with E-state index in [0.717, 1.165) is 47.3 Å². The maximum absolute atomic E-state index is 13.2. The van der Waals surface area contributed by atoms with Crippen LogP contribution in [0.2, 0.25) is 5.02 Å². The molecule has 1 fully saturated rings. The normalized spacial score (nSPS) is 15.5. The van der Waals surface area contributed by atoms with E-state index in [0.29, 0.717) is 38.3 Å². The van der Waals surface area contributed by atoms with E-state index in [1.165, 1.54) is 11.1 Å². The molecule has 0 aliphatic carbocycles. The van der Waals surface area contributed by atoms with Crippen LogP contribution in [0.25, 0.3) is 11.1 Å². The second kappa shape index (κ2) is 12.3. The van der Waals surface area contributed by atoms with Gasteiger partial charge in [0.05, 0.1) is 12.2 Å². The average Bonchev–Trinajstić information content (AvgIpc) is 2.94. The highest BCUT2D eigenvalue weighted by Crippen LogP contribution is 2.33. The van der Waals surface area contributed by atoms with Gasteiger partial charge in [-0.05, 0) is 67.8 Å². The van der Waals surface area contributed by atoms with Crippen molar-refractivity contribution in [2.45, 2.75) is 33.4 Å². The quantitative estimate of drug-likeness (QED) is 0.445. The van der Waals surface area contributed by atoms with Crippen LogP contribution in [0.3, 0.4) is 0 Å². The van der Waals surface area contributed by atoms with E-state index in [1.54, 1.807) is 0 Å². The molecule has 0 unspecified atom stereocenters. The molecule has 2 amide bonds. The molecule has 2 aliphatic rings. The maximum atomic E-state index is 13.2. The minimum absolute atomic E-state index is 0.0219. The number of nitrogens with one attached hydrogen (secondary N) is 2. The number of hydrogen-bond donors (Lipinski definition) is 2. The lowest BCUT2D eigenvalue weighted by atomic mass is 10.0. The molecule has 0 atom stereocenters. The number of halogens is 1. The molecular formula is C31H37ClN6O2. The van der Waals surface area contributed by atoms with Crippen molar-refractivity contribution >= 4 is 34.9 Å². The third-order valence-electron chi connectivity index (χ3n) is 7.50. The highest BCUT2D eigenvalue weighted by Gasteiger charge is 2.24. The summed E-state index contributed by atoms with van der Waals surface area (Å²) in [5, 5.41) is 7.08. The summed E-state index contributed by atoms with van der Waals surface area (Å²) in [4.78, 5) is 36.3. The van der Waals surface area contributed by atoms with Gasteiger partial charge in [0.1, 0.15) is 5.82 Å². The van der Waals surface area contributed by atoms with E-state index < -0.39 is 0 Å². The number of aryl methyl sites for hydroxylation is 1. The minimum atomic E-state index is 0.0219. The van der Waals surface area contributed by atoms with Crippen molar-refractivity contribution in [1.82, 2.24) is 20.1 Å². The zero-order chi connectivity index (χ0) is 28.2. The predicted octanol–water partition coefficient (Wildman–Crippen LogP) is 4.42. The van der Waals surface area contributed by atoms with Crippen LogP contribution < -0.4 is 15.5 Å². The molecule has 0 bridgehead atoms. The van der Waals surface area contributed by atoms with E-state index in [2.05, 4.69) is 39.5 Å². The summed E-state index contributed by atoms with van der Waals surface area (Å²) < 4.78 is 0. The summed E-state index contributed by atoms with van der Waals surface area (Å²) in [6.45, 7) is 11.4. The monoisotopic (exact) mass is 560 g/mol. The first kappa shape index (κ1) is 27.9. The van der Waals surface area contributed by atoms with Crippen LogP contribution in [0.5, 0.6) is 0 Å². The van der Waals surface area contributed by atoms with Crippen molar-refractivity contribution in [3.63, 3.8) is 0 Å². The molecule has 5 rings (SSSR count). The maximum Gasteiger partial charge on any atom is 0.253 e. The molecule has 0 spiro atoms. The minimum Gasteiger partial charge on any atom is -0.367 e. The van der Waals surface area contributed by atoms with Gasteiger partial charge in [0, 0.05) is 74.2 Å². The average molecular weight is 561 g/mol. The topological polar surface area (TPSA) is 80.8 Å². The molecule has 0 saturated carbocycles. The Morgan fingerprint density at radius 2 is 1.75 bits per heavy atom. The fraction of sp³-hybridized carbons (Fsp3) is 0.387. The molecule has 2 N–H and O–H groups in total. The summed E-state index contributed by atoms with van der Waals surface area (Å²) in [7, 11) is 0. The summed E-state index contributed by atoms with van der Waals surface area (Å²) >= 11 is 6.28. The van der Waals surface area contributed by atoms with Gasteiger partial charge in [-0.15, -0.1) is 0 Å². The van der Waals surface area contributed by atoms with Gasteiger partial charge in [-0.1, -0.05) is 29.8 Å². The molecule has 9 heteroatoms. The number of nitrogens with zero attached hydrogens (tertiary/aromatic N) is 4. The number of carbonyl (C=O) groups is 2. The van der Waals surface area contributed by atoms with Crippen LogP contribution >= 0.6 is 11.6 Å².